The highest BCUT2D eigenvalue weighted by Gasteiger charge is 2.32. The van der Waals surface area contributed by atoms with E-state index in [0.717, 1.165) is 12.1 Å². The fourth-order valence-electron chi connectivity index (χ4n) is 4.31. The number of aromatic nitrogens is 2. The van der Waals surface area contributed by atoms with Crippen LogP contribution in [0.2, 0.25) is 0 Å². The molecule has 3 aromatic rings. The van der Waals surface area contributed by atoms with E-state index in [1.807, 2.05) is 13.8 Å². The number of urea groups is 1. The Morgan fingerprint density at radius 1 is 0.885 bits per heavy atom. The number of nitrogens with two attached hydrogens (primary N) is 1. The molecule has 0 saturated carbocycles. The van der Waals surface area contributed by atoms with Crippen LogP contribution in [0.15, 0.2) is 47.4 Å². The van der Waals surface area contributed by atoms with E-state index < -0.39 is 58.3 Å². The number of rotatable bonds is 15. The number of hydrogen-bond donors (Lipinski definition) is 4. The van der Waals surface area contributed by atoms with Crippen LogP contribution in [0.5, 0.6) is 11.8 Å². The van der Waals surface area contributed by atoms with Crippen molar-refractivity contribution in [2.45, 2.75) is 31.6 Å². The summed E-state index contributed by atoms with van der Waals surface area (Å²) in [4.78, 5) is 55.1. The van der Waals surface area contributed by atoms with E-state index in [4.69, 9.17) is 14.6 Å². The van der Waals surface area contributed by atoms with Gasteiger partial charge in [-0.3, -0.25) is 35.1 Å². The van der Waals surface area contributed by atoms with Gasteiger partial charge in [-0.25, -0.2) is 23.1 Å². The number of hydrogen-bond acceptors (Lipinski definition) is 15. The molecule has 3 amide bonds. The van der Waals surface area contributed by atoms with Crippen LogP contribution in [0.25, 0.3) is 0 Å². The Morgan fingerprint density at radius 3 is 1.81 bits per heavy atom. The monoisotopic (exact) mass is 770 g/mol. The molecule has 0 aliphatic heterocycles. The first-order valence-corrected chi connectivity index (χ1v) is 17.9. The van der Waals surface area contributed by atoms with Crippen LogP contribution < -0.4 is 34.3 Å². The maximum Gasteiger partial charge on any atom is 0.336 e. The van der Waals surface area contributed by atoms with E-state index in [9.17, 15) is 46.7 Å². The SMILES string of the molecule is CCCN(CCC)c1c([N+](=O)[O-])cc(S(N)(=O)=O)cc1[N+](=O)[O-].COc1cc(OC)nc(NC(=O)NS(=O)(=O)Nc2ccccc2C(=O)N(C)C)n1. The number of carbonyl (C=O) groups is 2. The molecular formula is C28H38N10O12S2. The molecule has 3 rings (SSSR count). The highest BCUT2D eigenvalue weighted by atomic mass is 32.2. The van der Waals surface area contributed by atoms with E-state index in [0.29, 0.717) is 25.9 Å². The molecule has 284 valence electrons. The highest BCUT2D eigenvalue weighted by Crippen LogP contribution is 2.40. The molecule has 0 aliphatic rings. The smallest absolute Gasteiger partial charge is 0.336 e. The van der Waals surface area contributed by atoms with Crippen molar-refractivity contribution >= 4 is 60.9 Å². The van der Waals surface area contributed by atoms with E-state index in [1.54, 1.807) is 16.9 Å². The summed E-state index contributed by atoms with van der Waals surface area (Å²) in [6.45, 7) is 4.40. The van der Waals surface area contributed by atoms with Gasteiger partial charge >= 0.3 is 27.6 Å². The highest BCUT2D eigenvalue weighted by molar-refractivity contribution is 7.91. The Hall–Kier alpha value is -5.88. The summed E-state index contributed by atoms with van der Waals surface area (Å²) in [5, 5.41) is 29.7. The molecule has 0 radical (unpaired) electrons. The van der Waals surface area contributed by atoms with Gasteiger partial charge in [0.15, 0.2) is 5.69 Å². The summed E-state index contributed by atoms with van der Waals surface area (Å²) in [5.41, 5.74) is -1.37. The normalized spacial score (nSPS) is 10.9. The number of nitro benzene ring substituents is 2. The van der Waals surface area contributed by atoms with Crippen molar-refractivity contribution in [3.8, 4) is 11.8 Å². The third-order valence-electron chi connectivity index (χ3n) is 6.43. The van der Waals surface area contributed by atoms with E-state index in [2.05, 4.69) is 20.0 Å². The second kappa shape index (κ2) is 18.4. The number of anilines is 3. The van der Waals surface area contributed by atoms with Crippen molar-refractivity contribution in [2.75, 3.05) is 56.3 Å². The van der Waals surface area contributed by atoms with Crippen LogP contribution in [0, 0.1) is 20.2 Å². The lowest BCUT2D eigenvalue weighted by atomic mass is 10.1. The van der Waals surface area contributed by atoms with Gasteiger partial charge < -0.3 is 19.3 Å². The first-order valence-electron chi connectivity index (χ1n) is 14.9. The number of sulfonamides is 1. The number of amides is 3. The summed E-state index contributed by atoms with van der Waals surface area (Å²) in [6.07, 6.45) is 1.23. The zero-order valence-corrected chi connectivity index (χ0v) is 30.5. The lowest BCUT2D eigenvalue weighted by Gasteiger charge is -2.23. The Labute approximate surface area is 298 Å². The minimum Gasteiger partial charge on any atom is -0.481 e. The minimum absolute atomic E-state index is 0.00537. The zero-order chi connectivity index (χ0) is 39.4. The Morgan fingerprint density at radius 2 is 1.38 bits per heavy atom. The van der Waals surface area contributed by atoms with Crippen LogP contribution in [0.3, 0.4) is 0 Å². The molecule has 0 bridgehead atoms. The summed E-state index contributed by atoms with van der Waals surface area (Å²) in [5.74, 6) is -0.449. The van der Waals surface area contributed by atoms with Crippen molar-refractivity contribution in [1.82, 2.24) is 19.6 Å². The fourth-order valence-corrected chi connectivity index (χ4v) is 5.67. The Balaban J connectivity index is 0.000000371. The minimum atomic E-state index is -4.37. The van der Waals surface area contributed by atoms with Gasteiger partial charge in [-0.1, -0.05) is 26.0 Å². The molecule has 0 spiro atoms. The summed E-state index contributed by atoms with van der Waals surface area (Å²) < 4.78 is 61.2. The van der Waals surface area contributed by atoms with Gasteiger partial charge in [-0.05, 0) is 25.0 Å². The molecular weight excluding hydrogens is 732 g/mol. The topological polar surface area (TPSA) is 302 Å². The molecule has 5 N–H and O–H groups in total. The molecule has 1 heterocycles. The molecule has 1 aromatic heterocycles. The van der Waals surface area contributed by atoms with Crippen molar-refractivity contribution in [2.24, 2.45) is 5.14 Å². The van der Waals surface area contributed by atoms with Gasteiger partial charge in [-0.15, -0.1) is 0 Å². The molecule has 0 atom stereocenters. The molecule has 0 unspecified atom stereocenters. The molecule has 52 heavy (non-hydrogen) atoms. The molecule has 22 nitrogen and oxygen atoms in total. The summed E-state index contributed by atoms with van der Waals surface area (Å²) in [7, 11) is -2.91. The second-order valence-electron chi connectivity index (χ2n) is 10.5. The summed E-state index contributed by atoms with van der Waals surface area (Å²) >= 11 is 0. The van der Waals surface area contributed by atoms with Crippen molar-refractivity contribution in [3.05, 3.63) is 68.3 Å². The van der Waals surface area contributed by atoms with Crippen molar-refractivity contribution in [1.29, 1.82) is 0 Å². The number of para-hydroxylation sites is 1. The number of nitrogens with zero attached hydrogens (tertiary/aromatic N) is 6. The maximum atomic E-state index is 12.3. The lowest BCUT2D eigenvalue weighted by molar-refractivity contribution is -0.393. The Bertz CT molecular complexity index is 1950. The maximum absolute atomic E-state index is 12.3. The van der Waals surface area contributed by atoms with Gasteiger partial charge in [0.25, 0.3) is 5.91 Å². The van der Waals surface area contributed by atoms with Crippen LogP contribution in [-0.4, -0.2) is 94.9 Å². The average Bonchev–Trinajstić information content (AvgIpc) is 3.06. The molecule has 0 fully saturated rings. The van der Waals surface area contributed by atoms with Crippen molar-refractivity contribution < 1.29 is 45.7 Å². The number of nitro groups is 2. The standard InChI is InChI=1S/C16H20N6O6S.C12H18N4O6S/c1-22(2)14(23)10-7-5-6-8-11(10)20-29(25,26)21-16(24)19-15-17-12(27-3)9-13(18-15)28-4;1-3-5-14(6-4-2)12-10(15(17)18)7-9(23(13,21)22)8-11(12)16(19)20/h5-9,20H,1-4H3,(H2,17,18,19,21,24);7-8H,3-6H2,1-2H3,(H2,13,21,22). The van der Waals surface area contributed by atoms with Crippen LogP contribution in [0.1, 0.15) is 37.0 Å². The zero-order valence-electron chi connectivity index (χ0n) is 28.8. The van der Waals surface area contributed by atoms with Gasteiger partial charge in [0.05, 0.1) is 46.3 Å². The number of methoxy groups -OCH3 is 2. The van der Waals surface area contributed by atoms with Crippen LogP contribution in [0.4, 0.5) is 33.5 Å². The van der Waals surface area contributed by atoms with Crippen LogP contribution >= 0.6 is 0 Å². The average molecular weight is 771 g/mol. The van der Waals surface area contributed by atoms with Gasteiger partial charge in [-0.2, -0.15) is 18.4 Å². The van der Waals surface area contributed by atoms with E-state index >= 15 is 0 Å². The number of benzene rings is 2. The van der Waals surface area contributed by atoms with Gasteiger partial charge in [0.1, 0.15) is 0 Å². The third kappa shape index (κ3) is 11.9. The quantitative estimate of drug-likeness (QED) is 0.127. The lowest BCUT2D eigenvalue weighted by Crippen LogP contribution is -2.39. The van der Waals surface area contributed by atoms with Crippen molar-refractivity contribution in [3.63, 3.8) is 0 Å². The predicted molar refractivity (Wildman–Crippen MR) is 188 cm³/mol. The third-order valence-corrected chi connectivity index (χ3v) is 8.26. The van der Waals surface area contributed by atoms with Gasteiger partial charge in [0.2, 0.25) is 27.7 Å². The number of carbonyl (C=O) groups excluding carboxylic acids is 2. The molecule has 0 saturated heterocycles. The first kappa shape index (κ1) is 42.3. The largest absolute Gasteiger partial charge is 0.481 e. The number of ether oxygens (including phenoxy) is 2. The second-order valence-corrected chi connectivity index (χ2v) is 13.5. The Kier molecular flexibility index (Phi) is 15.0. The molecule has 0 aliphatic carbocycles. The van der Waals surface area contributed by atoms with Gasteiger partial charge in [0, 0.05) is 39.3 Å². The number of nitrogens with one attached hydrogen (secondary N) is 3. The fraction of sp³-hybridized carbons (Fsp3) is 0.357. The number of primary sulfonamides is 1. The predicted octanol–water partition coefficient (Wildman–Crippen LogP) is 2.45. The van der Waals surface area contributed by atoms with E-state index in [1.165, 1.54) is 56.3 Å². The van der Waals surface area contributed by atoms with E-state index in [-0.39, 0.29) is 34.6 Å². The molecule has 24 heteroatoms. The van der Waals surface area contributed by atoms with Crippen LogP contribution in [-0.2, 0) is 20.2 Å². The summed E-state index contributed by atoms with van der Waals surface area (Å²) in [6, 6.07) is 7.74. The molecule has 2 aromatic carbocycles. The first-order chi connectivity index (χ1) is 24.3.